The number of nitrogens with one attached hydrogen (secondary N) is 1. The highest BCUT2D eigenvalue weighted by Gasteiger charge is 2.46. The van der Waals surface area contributed by atoms with E-state index in [-0.39, 0.29) is 24.0 Å². The van der Waals surface area contributed by atoms with Crippen LogP contribution in [0.3, 0.4) is 0 Å². The van der Waals surface area contributed by atoms with Crippen molar-refractivity contribution in [2.45, 2.75) is 32.0 Å². The normalized spacial score (nSPS) is 19.2. The third kappa shape index (κ3) is 5.22. The van der Waals surface area contributed by atoms with Gasteiger partial charge in [-0.2, -0.15) is 25.3 Å². The Labute approximate surface area is 129 Å². The first-order valence-corrected chi connectivity index (χ1v) is 7.49. The molecule has 0 radical (unpaired) electrons. The van der Waals surface area contributed by atoms with Crippen LogP contribution in [0.2, 0.25) is 0 Å². The summed E-state index contributed by atoms with van der Waals surface area (Å²) in [4.78, 5) is 35.2. The molecule has 1 aliphatic rings. The average Bonchev–Trinajstić information content (AvgIpc) is 3.25. The zero-order chi connectivity index (χ0) is 15.9. The van der Waals surface area contributed by atoms with Crippen LogP contribution in [0.5, 0.6) is 0 Å². The molecule has 0 aromatic heterocycles. The number of thiol groups is 2. The van der Waals surface area contributed by atoms with Gasteiger partial charge >= 0.3 is 5.97 Å². The molecule has 9 heteroatoms. The van der Waals surface area contributed by atoms with Crippen molar-refractivity contribution in [3.05, 3.63) is 0 Å². The molecule has 0 aliphatic carbocycles. The molecular weight excluding hydrogens is 302 g/mol. The Kier molecular flexibility index (Phi) is 8.67. The number of carbonyl (C=O) groups excluding carboxylic acids is 2. The summed E-state index contributed by atoms with van der Waals surface area (Å²) in [6.45, 7) is 4.26. The van der Waals surface area contributed by atoms with Crippen molar-refractivity contribution in [3.8, 4) is 0 Å². The summed E-state index contributed by atoms with van der Waals surface area (Å²) in [5, 5.41) is 11.1. The lowest BCUT2D eigenvalue weighted by atomic mass is 10.3. The third-order valence-electron chi connectivity index (χ3n) is 2.51. The molecule has 7 nitrogen and oxygen atoms in total. The number of nitrogens with zero attached hydrogens (tertiary/aromatic N) is 1. The summed E-state index contributed by atoms with van der Waals surface area (Å²) in [6, 6.07) is -2.44. The Morgan fingerprint density at radius 3 is 2.30 bits per heavy atom. The second-order valence-corrected chi connectivity index (χ2v) is 4.61. The number of hydrogen-bond acceptors (Lipinski definition) is 6. The molecule has 1 fully saturated rings. The lowest BCUT2D eigenvalue weighted by Crippen LogP contribution is -2.46. The Balaban J connectivity index is 0.00000172. The quantitative estimate of drug-likeness (QED) is 0.317. The summed E-state index contributed by atoms with van der Waals surface area (Å²) in [5.41, 5.74) is 5.49. The van der Waals surface area contributed by atoms with Crippen LogP contribution in [0.15, 0.2) is 0 Å². The van der Waals surface area contributed by atoms with E-state index in [2.05, 4.69) is 30.6 Å². The van der Waals surface area contributed by atoms with Gasteiger partial charge in [0.15, 0.2) is 0 Å². The molecule has 4 N–H and O–H groups in total. The molecule has 1 saturated heterocycles. The van der Waals surface area contributed by atoms with E-state index < -0.39 is 30.0 Å². The number of amides is 2. The van der Waals surface area contributed by atoms with Gasteiger partial charge in [0.25, 0.3) is 0 Å². The van der Waals surface area contributed by atoms with Crippen LogP contribution in [-0.4, -0.2) is 64.0 Å². The smallest absolute Gasteiger partial charge is 0.327 e. The second kappa shape index (κ2) is 9.09. The van der Waals surface area contributed by atoms with Gasteiger partial charge < -0.3 is 21.1 Å². The number of hydrogen-bond donors (Lipinski definition) is 5. The molecule has 1 heterocycles. The van der Waals surface area contributed by atoms with Crippen molar-refractivity contribution in [2.75, 3.05) is 18.1 Å². The molecule has 116 valence electrons. The highest BCUT2D eigenvalue weighted by molar-refractivity contribution is 7.80. The predicted molar refractivity (Wildman–Crippen MR) is 82.1 cm³/mol. The molecule has 1 aliphatic heterocycles. The number of carboxylic acids is 1. The molecule has 20 heavy (non-hydrogen) atoms. The van der Waals surface area contributed by atoms with Crippen LogP contribution in [0.4, 0.5) is 0 Å². The van der Waals surface area contributed by atoms with Crippen molar-refractivity contribution >= 4 is 43.0 Å². The lowest BCUT2D eigenvalue weighted by Gasteiger charge is -2.12. The van der Waals surface area contributed by atoms with Crippen molar-refractivity contribution in [1.29, 1.82) is 0 Å². The van der Waals surface area contributed by atoms with E-state index >= 15 is 0 Å². The van der Waals surface area contributed by atoms with Crippen LogP contribution in [-0.2, 0) is 14.4 Å². The fourth-order valence-corrected chi connectivity index (χ4v) is 1.76. The lowest BCUT2D eigenvalue weighted by molar-refractivity contribution is -0.141. The topological polar surface area (TPSA) is 113 Å². The van der Waals surface area contributed by atoms with Crippen molar-refractivity contribution in [1.82, 2.24) is 10.2 Å². The summed E-state index contributed by atoms with van der Waals surface area (Å²) in [5.74, 6) is -1.85. The first-order chi connectivity index (χ1) is 9.42. The maximum absolute atomic E-state index is 11.6. The Hall–Kier alpha value is -0.930. The Morgan fingerprint density at radius 1 is 1.35 bits per heavy atom. The van der Waals surface area contributed by atoms with E-state index in [0.717, 1.165) is 0 Å². The van der Waals surface area contributed by atoms with E-state index in [1.807, 2.05) is 13.8 Å². The number of nitrogens with two attached hydrogens (primary N) is 1. The number of carboxylic acid groups (broad SMARTS) is 1. The fourth-order valence-electron chi connectivity index (χ4n) is 1.35. The Bertz CT molecular complexity index is 368. The summed E-state index contributed by atoms with van der Waals surface area (Å²) in [6.07, 6.45) is 0. The molecule has 2 amide bonds. The van der Waals surface area contributed by atoms with Gasteiger partial charge in [-0.1, -0.05) is 13.8 Å². The Morgan fingerprint density at radius 2 is 1.90 bits per heavy atom. The fraction of sp³-hybridized carbons (Fsp3) is 0.727. The molecule has 3 unspecified atom stereocenters. The molecule has 3 atom stereocenters. The molecule has 0 aromatic carbocycles. The monoisotopic (exact) mass is 323 g/mol. The SMILES string of the molecule is CC.NC(CS)C(=O)N1CC1C(=O)NC(CS)C(=O)O. The number of rotatable bonds is 6. The van der Waals surface area contributed by atoms with Gasteiger partial charge in [-0.15, -0.1) is 0 Å². The van der Waals surface area contributed by atoms with Crippen LogP contribution < -0.4 is 11.1 Å². The second-order valence-electron chi connectivity index (χ2n) is 3.88. The van der Waals surface area contributed by atoms with E-state index in [1.54, 1.807) is 0 Å². The minimum Gasteiger partial charge on any atom is -0.480 e. The number of carbonyl (C=O) groups is 3. The minimum absolute atomic E-state index is 0.0160. The minimum atomic E-state index is -1.16. The summed E-state index contributed by atoms with van der Waals surface area (Å²) >= 11 is 7.72. The molecule has 0 saturated carbocycles. The van der Waals surface area contributed by atoms with E-state index in [9.17, 15) is 14.4 Å². The van der Waals surface area contributed by atoms with Crippen LogP contribution in [0, 0.1) is 0 Å². The summed E-state index contributed by atoms with van der Waals surface area (Å²) < 4.78 is 0. The third-order valence-corrected chi connectivity index (χ3v) is 3.27. The van der Waals surface area contributed by atoms with E-state index in [4.69, 9.17) is 10.8 Å². The van der Waals surface area contributed by atoms with E-state index in [0.29, 0.717) is 0 Å². The highest BCUT2D eigenvalue weighted by Crippen LogP contribution is 2.19. The highest BCUT2D eigenvalue weighted by atomic mass is 32.1. The van der Waals surface area contributed by atoms with Crippen molar-refractivity contribution in [3.63, 3.8) is 0 Å². The molecular formula is C11H21N3O4S2. The average molecular weight is 323 g/mol. The van der Waals surface area contributed by atoms with Crippen LogP contribution in [0.1, 0.15) is 13.8 Å². The standard InChI is InChI=1S/C9H15N3O4S2.C2H6/c10-4(2-17)8(14)12-1-6(12)7(13)11-5(3-18)9(15)16;1-2/h4-6,17-18H,1-3,10H2,(H,11,13)(H,15,16);1-2H3. The largest absolute Gasteiger partial charge is 0.480 e. The molecule has 0 spiro atoms. The maximum atomic E-state index is 11.6. The van der Waals surface area contributed by atoms with Gasteiger partial charge in [0.1, 0.15) is 12.1 Å². The maximum Gasteiger partial charge on any atom is 0.327 e. The molecule has 1 rings (SSSR count). The van der Waals surface area contributed by atoms with Gasteiger partial charge in [-0.05, 0) is 0 Å². The number of aliphatic carboxylic acids is 1. The van der Waals surface area contributed by atoms with Gasteiger partial charge in [0.2, 0.25) is 11.8 Å². The summed E-state index contributed by atoms with van der Waals surface area (Å²) in [7, 11) is 0. The van der Waals surface area contributed by atoms with Gasteiger partial charge in [-0.3, -0.25) is 9.59 Å². The van der Waals surface area contributed by atoms with E-state index in [1.165, 1.54) is 4.90 Å². The van der Waals surface area contributed by atoms with Gasteiger partial charge in [0, 0.05) is 11.5 Å². The van der Waals surface area contributed by atoms with Crippen LogP contribution >= 0.6 is 25.3 Å². The van der Waals surface area contributed by atoms with Gasteiger partial charge in [-0.25, -0.2) is 4.79 Å². The molecule has 0 aromatic rings. The first-order valence-electron chi connectivity index (χ1n) is 6.23. The predicted octanol–water partition coefficient (Wildman–Crippen LogP) is -1.02. The van der Waals surface area contributed by atoms with Gasteiger partial charge in [0.05, 0.1) is 12.6 Å². The van der Waals surface area contributed by atoms with Crippen LogP contribution in [0.25, 0.3) is 0 Å². The first kappa shape index (κ1) is 19.1. The van der Waals surface area contributed by atoms with Crippen molar-refractivity contribution in [2.24, 2.45) is 5.73 Å². The zero-order valence-electron chi connectivity index (χ0n) is 11.4. The molecule has 0 bridgehead atoms. The van der Waals surface area contributed by atoms with Crippen molar-refractivity contribution < 1.29 is 19.5 Å². The zero-order valence-corrected chi connectivity index (χ0v) is 13.2.